The molecular formula is C10H12N2O4. The molecule has 0 bridgehead atoms. The number of carboxylic acids is 1. The van der Waals surface area contributed by atoms with Gasteiger partial charge in [-0.1, -0.05) is 18.2 Å². The minimum absolute atomic E-state index is 0.0838. The van der Waals surface area contributed by atoms with Gasteiger partial charge in [-0.05, 0) is 6.92 Å². The van der Waals surface area contributed by atoms with Crippen LogP contribution < -0.4 is 5.73 Å². The van der Waals surface area contributed by atoms with Crippen LogP contribution >= 0.6 is 0 Å². The van der Waals surface area contributed by atoms with Gasteiger partial charge in [-0.3, -0.25) is 14.9 Å². The van der Waals surface area contributed by atoms with E-state index in [-0.39, 0.29) is 12.1 Å². The number of carboxylic acid groups (broad SMARTS) is 1. The van der Waals surface area contributed by atoms with Crippen LogP contribution in [0.4, 0.5) is 5.69 Å². The van der Waals surface area contributed by atoms with E-state index in [1.807, 2.05) is 0 Å². The minimum Gasteiger partial charge on any atom is -0.480 e. The monoisotopic (exact) mass is 224 g/mol. The van der Waals surface area contributed by atoms with Crippen LogP contribution in [0.15, 0.2) is 24.3 Å². The van der Waals surface area contributed by atoms with Crippen LogP contribution in [0.2, 0.25) is 0 Å². The molecule has 0 aliphatic carbocycles. The zero-order valence-electron chi connectivity index (χ0n) is 8.71. The van der Waals surface area contributed by atoms with Crippen LogP contribution in [-0.2, 0) is 11.2 Å². The molecule has 1 aromatic carbocycles. The summed E-state index contributed by atoms with van der Waals surface area (Å²) in [4.78, 5) is 21.0. The van der Waals surface area contributed by atoms with E-state index in [1.165, 1.54) is 25.1 Å². The zero-order valence-corrected chi connectivity index (χ0v) is 8.71. The van der Waals surface area contributed by atoms with E-state index >= 15 is 0 Å². The number of nitro groups is 1. The predicted octanol–water partition coefficient (Wildman–Crippen LogP) is 0.939. The van der Waals surface area contributed by atoms with Crippen molar-refractivity contribution in [3.63, 3.8) is 0 Å². The predicted molar refractivity (Wildman–Crippen MR) is 57.0 cm³/mol. The second kappa shape index (κ2) is 4.28. The van der Waals surface area contributed by atoms with Crippen LogP contribution in [-0.4, -0.2) is 21.5 Å². The lowest BCUT2D eigenvalue weighted by Gasteiger charge is -2.18. The lowest BCUT2D eigenvalue weighted by atomic mass is 9.93. The number of para-hydroxylation sites is 1. The molecule has 1 atom stereocenters. The normalized spacial score (nSPS) is 14.1. The topological polar surface area (TPSA) is 106 Å². The summed E-state index contributed by atoms with van der Waals surface area (Å²) in [6.07, 6.45) is -0.0838. The Balaban J connectivity index is 3.06. The first kappa shape index (κ1) is 12.1. The molecule has 1 aromatic rings. The molecule has 0 fully saturated rings. The molecule has 0 unspecified atom stereocenters. The maximum atomic E-state index is 10.8. The van der Waals surface area contributed by atoms with Gasteiger partial charge < -0.3 is 10.8 Å². The van der Waals surface area contributed by atoms with E-state index in [2.05, 4.69) is 0 Å². The average molecular weight is 224 g/mol. The van der Waals surface area contributed by atoms with Crippen LogP contribution in [0.25, 0.3) is 0 Å². The van der Waals surface area contributed by atoms with Gasteiger partial charge in [0, 0.05) is 18.1 Å². The van der Waals surface area contributed by atoms with Crippen molar-refractivity contribution in [2.75, 3.05) is 0 Å². The van der Waals surface area contributed by atoms with Crippen molar-refractivity contribution in [2.45, 2.75) is 18.9 Å². The van der Waals surface area contributed by atoms with Crippen LogP contribution in [0.3, 0.4) is 0 Å². The number of aliphatic carboxylic acids is 1. The van der Waals surface area contributed by atoms with Gasteiger partial charge in [-0.2, -0.15) is 0 Å². The van der Waals surface area contributed by atoms with Gasteiger partial charge in [0.15, 0.2) is 0 Å². The Bertz CT molecular complexity index is 429. The average Bonchev–Trinajstić information content (AvgIpc) is 2.17. The summed E-state index contributed by atoms with van der Waals surface area (Å²) in [7, 11) is 0. The summed E-state index contributed by atoms with van der Waals surface area (Å²) >= 11 is 0. The third-order valence-corrected chi connectivity index (χ3v) is 2.23. The van der Waals surface area contributed by atoms with Gasteiger partial charge in [-0.25, -0.2) is 0 Å². The van der Waals surface area contributed by atoms with Crippen molar-refractivity contribution in [1.82, 2.24) is 0 Å². The quantitative estimate of drug-likeness (QED) is 0.584. The Morgan fingerprint density at radius 3 is 2.62 bits per heavy atom. The largest absolute Gasteiger partial charge is 0.480 e. The number of hydrogen-bond donors (Lipinski definition) is 2. The number of hydrogen-bond acceptors (Lipinski definition) is 4. The van der Waals surface area contributed by atoms with Gasteiger partial charge in [0.2, 0.25) is 0 Å². The standard InChI is InChI=1S/C10H12N2O4/c1-10(11,9(13)14)6-7-4-2-3-5-8(7)12(15)16/h2-5H,6,11H2,1H3,(H,13,14)/t10-/m1/s1. The number of nitrogens with two attached hydrogens (primary N) is 1. The SMILES string of the molecule is C[C@@](N)(Cc1ccccc1[N+](=O)[O-])C(=O)O. The van der Waals surface area contributed by atoms with E-state index in [9.17, 15) is 14.9 Å². The second-order valence-corrected chi connectivity index (χ2v) is 3.79. The number of nitrogens with zero attached hydrogens (tertiary/aromatic N) is 1. The van der Waals surface area contributed by atoms with E-state index in [0.717, 1.165) is 0 Å². The van der Waals surface area contributed by atoms with Gasteiger partial charge in [0.25, 0.3) is 5.69 Å². The third-order valence-electron chi connectivity index (χ3n) is 2.23. The first-order valence-corrected chi connectivity index (χ1v) is 4.59. The molecule has 0 radical (unpaired) electrons. The molecule has 0 aromatic heterocycles. The molecule has 6 heteroatoms. The molecule has 86 valence electrons. The first-order valence-electron chi connectivity index (χ1n) is 4.59. The molecule has 6 nitrogen and oxygen atoms in total. The van der Waals surface area contributed by atoms with Gasteiger partial charge in [0.05, 0.1) is 4.92 Å². The van der Waals surface area contributed by atoms with Crippen molar-refractivity contribution < 1.29 is 14.8 Å². The van der Waals surface area contributed by atoms with Crippen molar-refractivity contribution in [1.29, 1.82) is 0 Å². The lowest BCUT2D eigenvalue weighted by Crippen LogP contribution is -2.46. The third kappa shape index (κ3) is 2.54. The molecule has 0 saturated heterocycles. The fourth-order valence-corrected chi connectivity index (χ4v) is 1.31. The maximum absolute atomic E-state index is 10.8. The van der Waals surface area contributed by atoms with E-state index < -0.39 is 16.4 Å². The first-order chi connectivity index (χ1) is 7.34. The van der Waals surface area contributed by atoms with Crippen LogP contribution in [0, 0.1) is 10.1 Å². The molecule has 1 rings (SSSR count). The molecular weight excluding hydrogens is 212 g/mol. The lowest BCUT2D eigenvalue weighted by molar-refractivity contribution is -0.385. The Morgan fingerprint density at radius 1 is 1.56 bits per heavy atom. The molecule has 0 heterocycles. The van der Waals surface area contributed by atoms with Crippen LogP contribution in [0.5, 0.6) is 0 Å². The highest BCUT2D eigenvalue weighted by Crippen LogP contribution is 2.21. The molecule has 0 saturated carbocycles. The highest BCUT2D eigenvalue weighted by molar-refractivity contribution is 5.78. The Labute approximate surface area is 91.8 Å². The summed E-state index contributed by atoms with van der Waals surface area (Å²) < 4.78 is 0. The van der Waals surface area contributed by atoms with Crippen LogP contribution in [0.1, 0.15) is 12.5 Å². The van der Waals surface area contributed by atoms with E-state index in [4.69, 9.17) is 10.8 Å². The number of rotatable bonds is 4. The van der Waals surface area contributed by atoms with Crippen molar-refractivity contribution in [3.05, 3.63) is 39.9 Å². The summed E-state index contributed by atoms with van der Waals surface area (Å²) in [6.45, 7) is 1.33. The summed E-state index contributed by atoms with van der Waals surface area (Å²) in [5.74, 6) is -1.19. The Morgan fingerprint density at radius 2 is 2.12 bits per heavy atom. The van der Waals surface area contributed by atoms with Crippen molar-refractivity contribution in [3.8, 4) is 0 Å². The summed E-state index contributed by atoms with van der Waals surface area (Å²) in [6, 6.07) is 5.97. The fourth-order valence-electron chi connectivity index (χ4n) is 1.31. The molecule has 3 N–H and O–H groups in total. The van der Waals surface area contributed by atoms with E-state index in [0.29, 0.717) is 5.56 Å². The summed E-state index contributed by atoms with van der Waals surface area (Å²) in [5, 5.41) is 19.5. The van der Waals surface area contributed by atoms with Gasteiger partial charge >= 0.3 is 5.97 Å². The van der Waals surface area contributed by atoms with Crippen molar-refractivity contribution >= 4 is 11.7 Å². The fraction of sp³-hybridized carbons (Fsp3) is 0.300. The zero-order chi connectivity index (χ0) is 12.3. The highest BCUT2D eigenvalue weighted by atomic mass is 16.6. The van der Waals surface area contributed by atoms with Crippen molar-refractivity contribution in [2.24, 2.45) is 5.73 Å². The Kier molecular flexibility index (Phi) is 3.24. The molecule has 0 spiro atoms. The van der Waals surface area contributed by atoms with Gasteiger partial charge in [-0.15, -0.1) is 0 Å². The minimum atomic E-state index is -1.51. The van der Waals surface area contributed by atoms with Gasteiger partial charge in [0.1, 0.15) is 5.54 Å². The highest BCUT2D eigenvalue weighted by Gasteiger charge is 2.30. The molecule has 16 heavy (non-hydrogen) atoms. The molecule has 0 aliphatic heterocycles. The number of nitro benzene ring substituents is 1. The smallest absolute Gasteiger partial charge is 0.323 e. The molecule has 0 amide bonds. The second-order valence-electron chi connectivity index (χ2n) is 3.79. The molecule has 0 aliphatic rings. The number of carbonyl (C=O) groups is 1. The Hall–Kier alpha value is -1.95. The summed E-state index contributed by atoms with van der Waals surface area (Å²) in [5.41, 5.74) is 4.24. The maximum Gasteiger partial charge on any atom is 0.323 e. The number of benzene rings is 1. The van der Waals surface area contributed by atoms with E-state index in [1.54, 1.807) is 6.07 Å².